The van der Waals surface area contributed by atoms with Crippen LogP contribution in [0.15, 0.2) is 24.3 Å². The van der Waals surface area contributed by atoms with E-state index in [2.05, 4.69) is 15.1 Å². The van der Waals surface area contributed by atoms with E-state index < -0.39 is 0 Å². The molecule has 0 spiro atoms. The first-order valence-corrected chi connectivity index (χ1v) is 8.23. The molecule has 0 bridgehead atoms. The molecule has 4 nitrogen and oxygen atoms in total. The van der Waals surface area contributed by atoms with Crippen molar-refractivity contribution in [2.24, 2.45) is 0 Å². The highest BCUT2D eigenvalue weighted by Crippen LogP contribution is 2.21. The quantitative estimate of drug-likeness (QED) is 0.927. The predicted molar refractivity (Wildman–Crippen MR) is 85.3 cm³/mol. The maximum Gasteiger partial charge on any atom is 0.238 e. The van der Waals surface area contributed by atoms with E-state index in [1.165, 1.54) is 32.0 Å². The van der Waals surface area contributed by atoms with Crippen molar-refractivity contribution in [3.63, 3.8) is 0 Å². The molecule has 0 unspecified atom stereocenters. The average Bonchev–Trinajstić information content (AvgIpc) is 3.05. The van der Waals surface area contributed by atoms with Gasteiger partial charge < -0.3 is 10.2 Å². The predicted octanol–water partition coefficient (Wildman–Crippen LogP) is 2.32. The van der Waals surface area contributed by atoms with E-state index in [9.17, 15) is 9.18 Å². The summed E-state index contributed by atoms with van der Waals surface area (Å²) in [7, 11) is 0. The van der Waals surface area contributed by atoms with E-state index in [0.717, 1.165) is 25.9 Å². The van der Waals surface area contributed by atoms with Crippen LogP contribution in [0, 0.1) is 5.82 Å². The molecule has 2 fully saturated rings. The van der Waals surface area contributed by atoms with Crippen molar-refractivity contribution in [3.8, 4) is 0 Å². The maximum absolute atomic E-state index is 13.5. The van der Waals surface area contributed by atoms with Crippen molar-refractivity contribution in [3.05, 3.63) is 30.1 Å². The number of piperidine rings is 1. The Balaban J connectivity index is 1.44. The highest BCUT2D eigenvalue weighted by atomic mass is 19.1. The Morgan fingerprint density at radius 3 is 2.50 bits per heavy atom. The molecule has 0 radical (unpaired) electrons. The summed E-state index contributed by atoms with van der Waals surface area (Å²) in [6.45, 7) is 4.72. The lowest BCUT2D eigenvalue weighted by atomic mass is 10.0. The summed E-state index contributed by atoms with van der Waals surface area (Å²) in [5.74, 6) is -0.520. The molecule has 1 amide bonds. The number of halogens is 1. The summed E-state index contributed by atoms with van der Waals surface area (Å²) in [5.41, 5.74) is 0.263. The minimum atomic E-state index is -0.386. The van der Waals surface area contributed by atoms with E-state index >= 15 is 0 Å². The molecule has 0 aliphatic carbocycles. The smallest absolute Gasteiger partial charge is 0.238 e. The zero-order valence-corrected chi connectivity index (χ0v) is 12.9. The SMILES string of the molecule is O=C(CN1CCC(N2CCCC2)CC1)Nc1ccccc1F. The first-order chi connectivity index (χ1) is 10.7. The van der Waals surface area contributed by atoms with E-state index in [4.69, 9.17) is 0 Å². The van der Waals surface area contributed by atoms with Gasteiger partial charge in [-0.15, -0.1) is 0 Å². The lowest BCUT2D eigenvalue weighted by Crippen LogP contribution is -2.45. The molecule has 120 valence electrons. The van der Waals surface area contributed by atoms with Crippen LogP contribution in [0.1, 0.15) is 25.7 Å². The molecule has 1 aromatic rings. The van der Waals surface area contributed by atoms with Crippen LogP contribution in [0.2, 0.25) is 0 Å². The van der Waals surface area contributed by atoms with Crippen molar-refractivity contribution < 1.29 is 9.18 Å². The Bertz CT molecular complexity index is 508. The second-order valence-corrected chi connectivity index (χ2v) is 6.28. The van der Waals surface area contributed by atoms with Gasteiger partial charge in [0.15, 0.2) is 0 Å². The molecule has 2 heterocycles. The Labute approximate surface area is 131 Å². The van der Waals surface area contributed by atoms with Gasteiger partial charge >= 0.3 is 0 Å². The number of hydrogen-bond acceptors (Lipinski definition) is 3. The third kappa shape index (κ3) is 3.84. The van der Waals surface area contributed by atoms with Gasteiger partial charge in [-0.3, -0.25) is 9.69 Å². The van der Waals surface area contributed by atoms with Crippen molar-refractivity contribution >= 4 is 11.6 Å². The van der Waals surface area contributed by atoms with Crippen LogP contribution < -0.4 is 5.32 Å². The minimum absolute atomic E-state index is 0.135. The fraction of sp³-hybridized carbons (Fsp3) is 0.588. The third-order valence-electron chi connectivity index (χ3n) is 4.73. The van der Waals surface area contributed by atoms with Crippen molar-refractivity contribution in [1.29, 1.82) is 0 Å². The number of benzene rings is 1. The molecule has 1 N–H and O–H groups in total. The normalized spacial score (nSPS) is 21.1. The van der Waals surface area contributed by atoms with E-state index in [-0.39, 0.29) is 17.4 Å². The van der Waals surface area contributed by atoms with E-state index in [1.54, 1.807) is 18.2 Å². The molecule has 2 saturated heterocycles. The zero-order chi connectivity index (χ0) is 15.4. The van der Waals surface area contributed by atoms with Crippen molar-refractivity contribution in [1.82, 2.24) is 9.80 Å². The molecule has 3 rings (SSSR count). The van der Waals surface area contributed by atoms with Crippen molar-refractivity contribution in [2.75, 3.05) is 38.0 Å². The zero-order valence-electron chi connectivity index (χ0n) is 12.9. The summed E-state index contributed by atoms with van der Waals surface area (Å²) in [5, 5.41) is 2.66. The number of nitrogens with zero attached hydrogens (tertiary/aromatic N) is 2. The summed E-state index contributed by atoms with van der Waals surface area (Å²) in [6.07, 6.45) is 4.91. The number of rotatable bonds is 4. The second-order valence-electron chi connectivity index (χ2n) is 6.28. The third-order valence-corrected chi connectivity index (χ3v) is 4.73. The Kier molecular flexibility index (Phi) is 5.05. The van der Waals surface area contributed by atoms with Gasteiger partial charge in [-0.2, -0.15) is 0 Å². The van der Waals surface area contributed by atoms with Crippen LogP contribution in [0.5, 0.6) is 0 Å². The number of carbonyl (C=O) groups is 1. The first-order valence-electron chi connectivity index (χ1n) is 8.23. The van der Waals surface area contributed by atoms with Crippen LogP contribution in [0.4, 0.5) is 10.1 Å². The van der Waals surface area contributed by atoms with Crippen LogP contribution in [0.25, 0.3) is 0 Å². The van der Waals surface area contributed by atoms with Gasteiger partial charge in [0.05, 0.1) is 12.2 Å². The Morgan fingerprint density at radius 1 is 1.14 bits per heavy atom. The highest BCUT2D eigenvalue weighted by Gasteiger charge is 2.27. The van der Waals surface area contributed by atoms with Crippen LogP contribution >= 0.6 is 0 Å². The lowest BCUT2D eigenvalue weighted by Gasteiger charge is -2.36. The number of carbonyl (C=O) groups excluding carboxylic acids is 1. The largest absolute Gasteiger partial charge is 0.322 e. The van der Waals surface area contributed by atoms with Crippen LogP contribution in [0.3, 0.4) is 0 Å². The molecule has 0 saturated carbocycles. The van der Waals surface area contributed by atoms with Gasteiger partial charge in [0.25, 0.3) is 0 Å². The topological polar surface area (TPSA) is 35.6 Å². The average molecular weight is 305 g/mol. The monoisotopic (exact) mass is 305 g/mol. The molecule has 2 aliphatic rings. The number of hydrogen-bond donors (Lipinski definition) is 1. The van der Waals surface area contributed by atoms with Gasteiger partial charge in [0.1, 0.15) is 5.82 Å². The van der Waals surface area contributed by atoms with Crippen LogP contribution in [-0.4, -0.2) is 54.5 Å². The molecule has 2 aliphatic heterocycles. The summed E-state index contributed by atoms with van der Waals surface area (Å²) in [6, 6.07) is 6.98. The molecule has 0 atom stereocenters. The standard InChI is InChI=1S/C17H24FN3O/c18-15-5-1-2-6-16(15)19-17(22)13-20-11-7-14(8-12-20)21-9-3-4-10-21/h1-2,5-6,14H,3-4,7-13H2,(H,19,22). The van der Waals surface area contributed by atoms with Crippen LogP contribution in [-0.2, 0) is 4.79 Å². The summed E-state index contributed by atoms with van der Waals surface area (Å²) < 4.78 is 13.5. The number of amides is 1. The number of anilines is 1. The van der Waals surface area contributed by atoms with Gasteiger partial charge in [0, 0.05) is 19.1 Å². The number of nitrogens with one attached hydrogen (secondary N) is 1. The molecule has 1 aromatic carbocycles. The molecular weight excluding hydrogens is 281 g/mol. The van der Waals surface area contributed by atoms with Gasteiger partial charge in [-0.05, 0) is 50.9 Å². The van der Waals surface area contributed by atoms with E-state index in [1.807, 2.05) is 0 Å². The molecular formula is C17H24FN3O. The molecule has 22 heavy (non-hydrogen) atoms. The molecule has 5 heteroatoms. The van der Waals surface area contributed by atoms with Crippen molar-refractivity contribution in [2.45, 2.75) is 31.7 Å². The van der Waals surface area contributed by atoms with Gasteiger partial charge in [0.2, 0.25) is 5.91 Å². The summed E-state index contributed by atoms with van der Waals surface area (Å²) in [4.78, 5) is 16.8. The minimum Gasteiger partial charge on any atom is -0.322 e. The Hall–Kier alpha value is -1.46. The highest BCUT2D eigenvalue weighted by molar-refractivity contribution is 5.92. The number of likely N-dealkylation sites (tertiary alicyclic amines) is 2. The lowest BCUT2D eigenvalue weighted by molar-refractivity contribution is -0.117. The molecule has 0 aromatic heterocycles. The first kappa shape index (κ1) is 15.4. The second kappa shape index (κ2) is 7.20. The summed E-state index contributed by atoms with van der Waals surface area (Å²) >= 11 is 0. The fourth-order valence-electron chi connectivity index (χ4n) is 3.50. The maximum atomic E-state index is 13.5. The fourth-order valence-corrected chi connectivity index (χ4v) is 3.50. The Morgan fingerprint density at radius 2 is 1.82 bits per heavy atom. The van der Waals surface area contributed by atoms with Gasteiger partial charge in [-0.25, -0.2) is 4.39 Å². The van der Waals surface area contributed by atoms with Gasteiger partial charge in [-0.1, -0.05) is 12.1 Å². The van der Waals surface area contributed by atoms with E-state index in [0.29, 0.717) is 12.6 Å². The number of para-hydroxylation sites is 1.